The van der Waals surface area contributed by atoms with Crippen LogP contribution in [0.1, 0.15) is 25.0 Å². The molecular formula is C18H21N5O. The molecule has 0 aliphatic carbocycles. The van der Waals surface area contributed by atoms with Crippen molar-refractivity contribution in [3.63, 3.8) is 0 Å². The zero-order valence-electron chi connectivity index (χ0n) is 13.8. The maximum absolute atomic E-state index is 11.6. The summed E-state index contributed by atoms with van der Waals surface area (Å²) in [6.07, 6.45) is 2.62. The highest BCUT2D eigenvalue weighted by atomic mass is 16.2. The van der Waals surface area contributed by atoms with E-state index >= 15 is 0 Å². The van der Waals surface area contributed by atoms with E-state index in [-0.39, 0.29) is 5.91 Å². The topological polar surface area (TPSA) is 62.5 Å². The van der Waals surface area contributed by atoms with Crippen LogP contribution >= 0.6 is 0 Å². The van der Waals surface area contributed by atoms with E-state index in [4.69, 9.17) is 4.98 Å². The lowest BCUT2D eigenvalue weighted by Crippen LogP contribution is -2.27. The number of benzene rings is 1. The molecule has 3 heterocycles. The Balaban J connectivity index is 1.53. The van der Waals surface area contributed by atoms with Crippen LogP contribution in [0.2, 0.25) is 0 Å². The smallest absolute Gasteiger partial charge is 0.222 e. The van der Waals surface area contributed by atoms with Gasteiger partial charge >= 0.3 is 0 Å². The second-order valence-corrected chi connectivity index (χ2v) is 6.30. The summed E-state index contributed by atoms with van der Waals surface area (Å²) in [5.74, 6) is 1.17. The number of hydrogen-bond acceptors (Lipinski definition) is 4. The van der Waals surface area contributed by atoms with Crippen molar-refractivity contribution in [1.29, 1.82) is 0 Å². The maximum atomic E-state index is 11.6. The molecule has 4 rings (SSSR count). The summed E-state index contributed by atoms with van der Waals surface area (Å²) in [5.41, 5.74) is 2.86. The van der Waals surface area contributed by atoms with Gasteiger partial charge in [-0.15, -0.1) is 0 Å². The van der Waals surface area contributed by atoms with Crippen molar-refractivity contribution in [3.8, 4) is 0 Å². The maximum Gasteiger partial charge on any atom is 0.222 e. The number of carbonyl (C=O) groups is 1. The molecule has 1 N–H and O–H groups in total. The molecule has 1 aliphatic rings. The average Bonchev–Trinajstić information content (AvgIpc) is 3.16. The second kappa shape index (κ2) is 6.11. The van der Waals surface area contributed by atoms with E-state index in [1.807, 2.05) is 34.5 Å². The number of rotatable bonds is 5. The molecule has 0 atom stereocenters. The van der Waals surface area contributed by atoms with Gasteiger partial charge in [0.25, 0.3) is 0 Å². The van der Waals surface area contributed by atoms with Gasteiger partial charge in [-0.1, -0.05) is 12.1 Å². The van der Waals surface area contributed by atoms with Crippen LogP contribution in [0.15, 0.2) is 30.3 Å². The monoisotopic (exact) mass is 323 g/mol. The van der Waals surface area contributed by atoms with Gasteiger partial charge < -0.3 is 10.2 Å². The number of nitrogens with one attached hydrogen (secondary N) is 1. The number of fused-ring (bicyclic) bond motifs is 3. The number of anilines is 1. The Bertz CT molecular complexity index is 901. The Kier molecular flexibility index (Phi) is 3.80. The Labute approximate surface area is 140 Å². The Morgan fingerprint density at radius 3 is 3.00 bits per heavy atom. The number of aryl methyl sites for hydroxylation is 1. The van der Waals surface area contributed by atoms with Crippen molar-refractivity contribution >= 4 is 28.3 Å². The number of hydrogen-bond donors (Lipinski definition) is 1. The van der Waals surface area contributed by atoms with Gasteiger partial charge in [-0.2, -0.15) is 5.10 Å². The summed E-state index contributed by atoms with van der Waals surface area (Å²) >= 11 is 0. The van der Waals surface area contributed by atoms with E-state index in [1.54, 1.807) is 0 Å². The van der Waals surface area contributed by atoms with Crippen LogP contribution in [-0.2, 0) is 4.79 Å². The van der Waals surface area contributed by atoms with Crippen LogP contribution in [0, 0.1) is 6.92 Å². The lowest BCUT2D eigenvalue weighted by molar-refractivity contribution is -0.127. The molecule has 2 aromatic heterocycles. The number of amides is 1. The zero-order valence-corrected chi connectivity index (χ0v) is 13.8. The molecule has 1 amide bonds. The first-order valence-corrected chi connectivity index (χ1v) is 8.49. The third-order valence-electron chi connectivity index (χ3n) is 4.50. The summed E-state index contributed by atoms with van der Waals surface area (Å²) < 4.78 is 1.89. The van der Waals surface area contributed by atoms with Crippen LogP contribution in [-0.4, -0.2) is 45.0 Å². The van der Waals surface area contributed by atoms with Crippen LogP contribution < -0.4 is 5.32 Å². The summed E-state index contributed by atoms with van der Waals surface area (Å²) in [5, 5.41) is 9.02. The highest BCUT2D eigenvalue weighted by molar-refractivity contribution is 5.91. The van der Waals surface area contributed by atoms with Gasteiger partial charge in [0.2, 0.25) is 5.91 Å². The van der Waals surface area contributed by atoms with Crippen LogP contribution in [0.4, 0.5) is 5.82 Å². The SMILES string of the molecule is Cc1cc2nc(NCCCN3CCCC3=O)c3ccccc3n2n1. The van der Waals surface area contributed by atoms with Crippen molar-refractivity contribution in [3.05, 3.63) is 36.0 Å². The Morgan fingerprint density at radius 2 is 2.17 bits per heavy atom. The van der Waals surface area contributed by atoms with Crippen molar-refractivity contribution in [1.82, 2.24) is 19.5 Å². The standard InChI is InChI=1S/C18H21N5O/c1-13-12-16-20-18(14-6-2-3-7-15(14)23(16)21-13)19-9-5-11-22-10-4-8-17(22)24/h2-3,6-7,12H,4-5,8-11H2,1H3,(H,19,20). The predicted octanol–water partition coefficient (Wildman–Crippen LogP) is 2.62. The van der Waals surface area contributed by atoms with Crippen LogP contribution in [0.3, 0.4) is 0 Å². The fourth-order valence-electron chi connectivity index (χ4n) is 3.33. The molecule has 1 aliphatic heterocycles. The lowest BCUT2D eigenvalue weighted by Gasteiger charge is -2.16. The van der Waals surface area contributed by atoms with Crippen molar-refractivity contribution in [2.45, 2.75) is 26.2 Å². The minimum Gasteiger partial charge on any atom is -0.369 e. The first-order chi connectivity index (χ1) is 11.7. The molecule has 6 nitrogen and oxygen atoms in total. The van der Waals surface area contributed by atoms with Gasteiger partial charge in [-0.3, -0.25) is 4.79 Å². The number of nitrogens with zero attached hydrogens (tertiary/aromatic N) is 4. The van der Waals surface area contributed by atoms with Gasteiger partial charge in [0, 0.05) is 37.5 Å². The molecule has 124 valence electrons. The van der Waals surface area contributed by atoms with E-state index in [1.165, 1.54) is 0 Å². The summed E-state index contributed by atoms with van der Waals surface area (Å²) in [4.78, 5) is 18.3. The van der Waals surface area contributed by atoms with E-state index in [0.717, 1.165) is 60.5 Å². The van der Waals surface area contributed by atoms with Crippen molar-refractivity contribution in [2.75, 3.05) is 25.0 Å². The molecule has 3 aromatic rings. The van der Waals surface area contributed by atoms with Crippen LogP contribution in [0.5, 0.6) is 0 Å². The molecule has 1 aromatic carbocycles. The molecule has 0 saturated carbocycles. The molecule has 0 unspecified atom stereocenters. The van der Waals surface area contributed by atoms with Crippen molar-refractivity contribution in [2.24, 2.45) is 0 Å². The summed E-state index contributed by atoms with van der Waals surface area (Å²) in [6, 6.07) is 10.1. The van der Waals surface area contributed by atoms with Gasteiger partial charge in [0.15, 0.2) is 5.65 Å². The van der Waals surface area contributed by atoms with Crippen LogP contribution in [0.25, 0.3) is 16.6 Å². The largest absolute Gasteiger partial charge is 0.369 e. The van der Waals surface area contributed by atoms with Gasteiger partial charge in [0.05, 0.1) is 11.2 Å². The third-order valence-corrected chi connectivity index (χ3v) is 4.50. The first kappa shape index (κ1) is 14.9. The van der Waals surface area contributed by atoms with Gasteiger partial charge in [0.1, 0.15) is 5.82 Å². The molecule has 0 bridgehead atoms. The minimum atomic E-state index is 0.287. The second-order valence-electron chi connectivity index (χ2n) is 6.30. The molecule has 0 spiro atoms. The molecule has 1 saturated heterocycles. The number of para-hydroxylation sites is 1. The Morgan fingerprint density at radius 1 is 1.29 bits per heavy atom. The normalized spacial score (nSPS) is 14.9. The molecule has 24 heavy (non-hydrogen) atoms. The molecule has 6 heteroatoms. The summed E-state index contributed by atoms with van der Waals surface area (Å²) in [6.45, 7) is 4.49. The predicted molar refractivity (Wildman–Crippen MR) is 94.2 cm³/mol. The lowest BCUT2D eigenvalue weighted by atomic mass is 10.2. The summed E-state index contributed by atoms with van der Waals surface area (Å²) in [7, 11) is 0. The molecule has 1 fully saturated rings. The van der Waals surface area contributed by atoms with Gasteiger partial charge in [-0.25, -0.2) is 9.50 Å². The first-order valence-electron chi connectivity index (χ1n) is 8.49. The zero-order chi connectivity index (χ0) is 16.5. The highest BCUT2D eigenvalue weighted by Crippen LogP contribution is 2.23. The molecular weight excluding hydrogens is 302 g/mol. The number of likely N-dealkylation sites (tertiary alicyclic amines) is 1. The quantitative estimate of drug-likeness (QED) is 0.733. The van der Waals surface area contributed by atoms with E-state index in [2.05, 4.69) is 22.5 Å². The fourth-order valence-corrected chi connectivity index (χ4v) is 3.33. The highest BCUT2D eigenvalue weighted by Gasteiger charge is 2.19. The fraction of sp³-hybridized carbons (Fsp3) is 0.389. The molecule has 0 radical (unpaired) electrons. The average molecular weight is 323 g/mol. The van der Waals surface area contributed by atoms with E-state index in [9.17, 15) is 4.79 Å². The van der Waals surface area contributed by atoms with E-state index in [0.29, 0.717) is 6.42 Å². The van der Waals surface area contributed by atoms with E-state index < -0.39 is 0 Å². The minimum absolute atomic E-state index is 0.287. The number of carbonyl (C=O) groups excluding carboxylic acids is 1. The number of aromatic nitrogens is 3. The Hall–Kier alpha value is -2.63. The van der Waals surface area contributed by atoms with Crippen molar-refractivity contribution < 1.29 is 4.79 Å². The van der Waals surface area contributed by atoms with Gasteiger partial charge in [-0.05, 0) is 31.9 Å². The third kappa shape index (κ3) is 2.68.